The third-order valence-electron chi connectivity index (χ3n) is 5.82. The van der Waals surface area contributed by atoms with Gasteiger partial charge in [0.1, 0.15) is 12.6 Å². The van der Waals surface area contributed by atoms with Gasteiger partial charge in [0.15, 0.2) is 0 Å². The molecule has 2 N–H and O–H groups in total. The molecule has 2 aromatic rings. The topological polar surface area (TPSA) is 95.9 Å². The highest BCUT2D eigenvalue weighted by atomic mass is 16.5. The molecule has 2 amide bonds. The Kier molecular flexibility index (Phi) is 7.51. The van der Waals surface area contributed by atoms with Gasteiger partial charge in [0, 0.05) is 18.5 Å². The summed E-state index contributed by atoms with van der Waals surface area (Å²) < 4.78 is 5.55. The number of carboxylic acids is 1. The van der Waals surface area contributed by atoms with E-state index in [1.165, 1.54) is 4.90 Å². The van der Waals surface area contributed by atoms with Crippen molar-refractivity contribution in [3.05, 3.63) is 59.7 Å². The van der Waals surface area contributed by atoms with Crippen molar-refractivity contribution >= 4 is 18.0 Å². The smallest absolute Gasteiger partial charge is 0.407 e. The summed E-state index contributed by atoms with van der Waals surface area (Å²) in [6.45, 7) is 5.69. The summed E-state index contributed by atoms with van der Waals surface area (Å²) in [5.74, 6) is -1.34. The molecule has 0 spiro atoms. The van der Waals surface area contributed by atoms with Crippen LogP contribution < -0.4 is 5.32 Å². The van der Waals surface area contributed by atoms with Gasteiger partial charge in [-0.15, -0.1) is 0 Å². The number of nitrogens with zero attached hydrogens (tertiary/aromatic N) is 1. The van der Waals surface area contributed by atoms with Gasteiger partial charge >= 0.3 is 12.1 Å². The van der Waals surface area contributed by atoms with Crippen LogP contribution in [0.3, 0.4) is 0 Å². The molecule has 7 nitrogen and oxygen atoms in total. The third kappa shape index (κ3) is 5.10. The Labute approximate surface area is 188 Å². The minimum atomic E-state index is -0.971. The number of nitrogens with one attached hydrogen (secondary N) is 1. The number of rotatable bonds is 9. The summed E-state index contributed by atoms with van der Waals surface area (Å²) in [4.78, 5) is 37.9. The maximum absolute atomic E-state index is 12.9. The van der Waals surface area contributed by atoms with Crippen molar-refractivity contribution in [1.82, 2.24) is 10.2 Å². The Hall–Kier alpha value is -3.35. The molecule has 0 saturated heterocycles. The van der Waals surface area contributed by atoms with Gasteiger partial charge in [-0.25, -0.2) is 4.79 Å². The van der Waals surface area contributed by atoms with Gasteiger partial charge in [0.2, 0.25) is 5.91 Å². The van der Waals surface area contributed by atoms with E-state index in [0.717, 1.165) is 22.3 Å². The number of benzene rings is 2. The van der Waals surface area contributed by atoms with E-state index in [1.54, 1.807) is 6.92 Å². The first-order chi connectivity index (χ1) is 15.3. The van der Waals surface area contributed by atoms with Crippen LogP contribution in [0.25, 0.3) is 11.1 Å². The number of alkyl carbamates (subject to hydrolysis) is 1. The minimum Gasteiger partial charge on any atom is -0.481 e. The molecule has 1 unspecified atom stereocenters. The van der Waals surface area contributed by atoms with Crippen LogP contribution in [-0.4, -0.2) is 53.2 Å². The molecule has 0 bridgehead atoms. The number of carbonyl (C=O) groups is 3. The van der Waals surface area contributed by atoms with Crippen molar-refractivity contribution in [3.8, 4) is 11.1 Å². The van der Waals surface area contributed by atoms with E-state index in [1.807, 2.05) is 50.2 Å². The van der Waals surface area contributed by atoms with Crippen LogP contribution in [0, 0.1) is 0 Å². The van der Waals surface area contributed by atoms with E-state index < -0.39 is 18.1 Å². The molecule has 0 heterocycles. The number of carboxylic acid groups (broad SMARTS) is 1. The molecule has 1 aliphatic rings. The molecule has 32 heavy (non-hydrogen) atoms. The standard InChI is InChI=1S/C25H30N2O5/c1-4-22(24(30)27(16(2)3)14-13-23(28)29)26-25(31)32-15-21-19-11-7-5-9-17(19)18-10-6-8-12-20(18)21/h5-12,16,21-22H,4,13-15H2,1-3H3,(H,26,31)(H,28,29). The van der Waals surface area contributed by atoms with Crippen LogP contribution in [0.2, 0.25) is 0 Å². The van der Waals surface area contributed by atoms with Crippen molar-refractivity contribution in [2.45, 2.75) is 51.6 Å². The summed E-state index contributed by atoms with van der Waals surface area (Å²) >= 11 is 0. The van der Waals surface area contributed by atoms with Gasteiger partial charge in [-0.2, -0.15) is 0 Å². The molecule has 0 fully saturated rings. The zero-order valence-corrected chi connectivity index (χ0v) is 18.7. The Bertz CT molecular complexity index is 942. The second-order valence-electron chi connectivity index (χ2n) is 8.20. The van der Waals surface area contributed by atoms with E-state index in [-0.39, 0.29) is 37.4 Å². The predicted molar refractivity (Wildman–Crippen MR) is 121 cm³/mol. The maximum atomic E-state index is 12.9. The average Bonchev–Trinajstić information content (AvgIpc) is 3.09. The van der Waals surface area contributed by atoms with Gasteiger partial charge in [-0.1, -0.05) is 55.5 Å². The lowest BCUT2D eigenvalue weighted by atomic mass is 9.98. The molecule has 0 aliphatic heterocycles. The van der Waals surface area contributed by atoms with Crippen LogP contribution in [0.4, 0.5) is 4.79 Å². The average molecular weight is 439 g/mol. The fourth-order valence-electron chi connectivity index (χ4n) is 4.16. The molecule has 170 valence electrons. The molecule has 1 atom stereocenters. The Morgan fingerprint density at radius 3 is 2.09 bits per heavy atom. The molecule has 0 saturated carbocycles. The van der Waals surface area contributed by atoms with Crippen LogP contribution in [-0.2, 0) is 14.3 Å². The number of aliphatic carboxylic acids is 1. The first kappa shape index (κ1) is 23.3. The predicted octanol–water partition coefficient (Wildman–Crippen LogP) is 4.02. The molecular formula is C25H30N2O5. The quantitative estimate of drug-likeness (QED) is 0.617. The maximum Gasteiger partial charge on any atom is 0.407 e. The molecule has 0 aromatic heterocycles. The van der Waals surface area contributed by atoms with Gasteiger partial charge in [0.05, 0.1) is 6.42 Å². The molecular weight excluding hydrogens is 408 g/mol. The van der Waals surface area contributed by atoms with Crippen molar-refractivity contribution < 1.29 is 24.2 Å². The van der Waals surface area contributed by atoms with E-state index in [2.05, 4.69) is 17.4 Å². The summed E-state index contributed by atoms with van der Waals surface area (Å²) in [5, 5.41) is 11.6. The number of ether oxygens (including phenoxy) is 1. The lowest BCUT2D eigenvalue weighted by molar-refractivity contribution is -0.139. The second kappa shape index (κ2) is 10.3. The van der Waals surface area contributed by atoms with Gasteiger partial charge in [-0.3, -0.25) is 9.59 Å². The highest BCUT2D eigenvalue weighted by Gasteiger charge is 2.30. The lowest BCUT2D eigenvalue weighted by Gasteiger charge is -2.30. The van der Waals surface area contributed by atoms with Crippen LogP contribution in [0.5, 0.6) is 0 Å². The van der Waals surface area contributed by atoms with Gasteiger partial charge in [-0.05, 0) is 42.5 Å². The van der Waals surface area contributed by atoms with E-state index >= 15 is 0 Å². The normalized spacial score (nSPS) is 13.2. The second-order valence-corrected chi connectivity index (χ2v) is 8.20. The van der Waals surface area contributed by atoms with Crippen LogP contribution in [0.1, 0.15) is 50.7 Å². The number of hydrogen-bond acceptors (Lipinski definition) is 4. The minimum absolute atomic E-state index is 0.0633. The van der Waals surface area contributed by atoms with Crippen molar-refractivity contribution in [2.24, 2.45) is 0 Å². The summed E-state index contributed by atoms with van der Waals surface area (Å²) in [6.07, 6.45) is -0.432. The zero-order valence-electron chi connectivity index (χ0n) is 18.7. The Morgan fingerprint density at radius 1 is 1.03 bits per heavy atom. The van der Waals surface area contributed by atoms with E-state index in [4.69, 9.17) is 9.84 Å². The first-order valence-electron chi connectivity index (χ1n) is 11.0. The highest BCUT2D eigenvalue weighted by molar-refractivity contribution is 5.86. The molecule has 0 radical (unpaired) electrons. The number of hydrogen-bond donors (Lipinski definition) is 2. The Balaban J connectivity index is 1.65. The summed E-state index contributed by atoms with van der Waals surface area (Å²) in [6, 6.07) is 15.2. The van der Waals surface area contributed by atoms with Crippen LogP contribution >= 0.6 is 0 Å². The monoisotopic (exact) mass is 438 g/mol. The van der Waals surface area contributed by atoms with Crippen molar-refractivity contribution in [3.63, 3.8) is 0 Å². The molecule has 1 aliphatic carbocycles. The largest absolute Gasteiger partial charge is 0.481 e. The van der Waals surface area contributed by atoms with E-state index in [9.17, 15) is 14.4 Å². The Morgan fingerprint density at radius 2 is 1.59 bits per heavy atom. The first-order valence-corrected chi connectivity index (χ1v) is 11.0. The summed E-state index contributed by atoms with van der Waals surface area (Å²) in [7, 11) is 0. The number of amides is 2. The number of carbonyl (C=O) groups excluding carboxylic acids is 2. The van der Waals surface area contributed by atoms with Crippen molar-refractivity contribution in [2.75, 3.05) is 13.2 Å². The van der Waals surface area contributed by atoms with Gasteiger partial charge < -0.3 is 20.1 Å². The summed E-state index contributed by atoms with van der Waals surface area (Å²) in [5.41, 5.74) is 4.52. The number of fused-ring (bicyclic) bond motifs is 3. The lowest BCUT2D eigenvalue weighted by Crippen LogP contribution is -2.51. The third-order valence-corrected chi connectivity index (χ3v) is 5.82. The molecule has 3 rings (SSSR count). The highest BCUT2D eigenvalue weighted by Crippen LogP contribution is 2.44. The van der Waals surface area contributed by atoms with E-state index in [0.29, 0.717) is 6.42 Å². The van der Waals surface area contributed by atoms with Crippen LogP contribution in [0.15, 0.2) is 48.5 Å². The molecule has 7 heteroatoms. The van der Waals surface area contributed by atoms with Crippen molar-refractivity contribution in [1.29, 1.82) is 0 Å². The molecule has 2 aromatic carbocycles. The zero-order chi connectivity index (χ0) is 23.3. The fraction of sp³-hybridized carbons (Fsp3) is 0.400. The fourth-order valence-corrected chi connectivity index (χ4v) is 4.16. The van der Waals surface area contributed by atoms with Gasteiger partial charge in [0.25, 0.3) is 0 Å². The SMILES string of the molecule is CCC(NC(=O)OCC1c2ccccc2-c2ccccc21)C(=O)N(CCC(=O)O)C(C)C.